The topological polar surface area (TPSA) is 66.4 Å². The molecule has 0 heterocycles. The van der Waals surface area contributed by atoms with Crippen LogP contribution in [-0.4, -0.2) is 23.5 Å². The van der Waals surface area contributed by atoms with Gasteiger partial charge in [0.25, 0.3) is 0 Å². The second-order valence-electron chi connectivity index (χ2n) is 6.51. The van der Waals surface area contributed by atoms with Crippen LogP contribution in [0.1, 0.15) is 44.9 Å². The minimum absolute atomic E-state index is 0.240. The molecule has 0 radical (unpaired) electrons. The summed E-state index contributed by atoms with van der Waals surface area (Å²) in [6, 6.07) is 0. The van der Waals surface area contributed by atoms with Crippen molar-refractivity contribution >= 4 is 11.9 Å². The van der Waals surface area contributed by atoms with Crippen LogP contribution in [0, 0.1) is 29.6 Å². The van der Waals surface area contributed by atoms with Crippen LogP contribution in [0.15, 0.2) is 0 Å². The third-order valence-electron chi connectivity index (χ3n) is 5.40. The summed E-state index contributed by atoms with van der Waals surface area (Å²) < 4.78 is 0. The first-order chi connectivity index (χ1) is 9.18. The van der Waals surface area contributed by atoms with E-state index >= 15 is 0 Å². The van der Waals surface area contributed by atoms with Crippen molar-refractivity contribution in [3.63, 3.8) is 0 Å². The molecule has 3 aliphatic rings. The molecule has 1 amide bonds. The molecule has 4 nitrogen and oxygen atoms in total. The van der Waals surface area contributed by atoms with Crippen molar-refractivity contribution < 1.29 is 14.7 Å². The highest BCUT2D eigenvalue weighted by Crippen LogP contribution is 2.69. The molecule has 106 valence electrons. The number of carbonyl (C=O) groups is 2. The molecule has 2 N–H and O–H groups in total. The molecule has 0 aromatic heterocycles. The first-order valence-corrected chi connectivity index (χ1v) is 7.68. The fourth-order valence-electron chi connectivity index (χ4n) is 4.58. The number of hydrogen-bond acceptors (Lipinski definition) is 2. The van der Waals surface area contributed by atoms with Gasteiger partial charge < -0.3 is 10.4 Å². The molecule has 0 aromatic carbocycles. The fourth-order valence-corrected chi connectivity index (χ4v) is 4.58. The highest BCUT2D eigenvalue weighted by molar-refractivity contribution is 5.82. The molecule has 3 fully saturated rings. The van der Waals surface area contributed by atoms with Gasteiger partial charge in [-0.05, 0) is 55.8 Å². The van der Waals surface area contributed by atoms with E-state index in [4.69, 9.17) is 5.11 Å². The normalized spacial score (nSPS) is 38.0. The van der Waals surface area contributed by atoms with Gasteiger partial charge in [-0.1, -0.05) is 6.42 Å². The number of carboxylic acids is 1. The summed E-state index contributed by atoms with van der Waals surface area (Å²) in [5.74, 6) is 2.99. The van der Waals surface area contributed by atoms with E-state index in [2.05, 4.69) is 5.32 Å². The lowest BCUT2D eigenvalue weighted by molar-refractivity contribution is -0.137. The van der Waals surface area contributed by atoms with E-state index in [1.807, 2.05) is 0 Å². The molecular formula is C15H23NO3. The Morgan fingerprint density at radius 2 is 1.74 bits per heavy atom. The lowest BCUT2D eigenvalue weighted by Gasteiger charge is -2.09. The molecule has 0 aliphatic heterocycles. The zero-order valence-corrected chi connectivity index (χ0v) is 11.3. The number of nitrogens with one attached hydrogen (secondary N) is 1. The number of fused-ring (bicyclic) bond motifs is 5. The van der Waals surface area contributed by atoms with Crippen LogP contribution in [0.5, 0.6) is 0 Å². The SMILES string of the molecule is O=C(O)CCCCCNC(=O)C1[C@H]2[C@@H]3CC[C@H](C3)[C@H]12. The average Bonchev–Trinajstić information content (AvgIpc) is 2.82. The van der Waals surface area contributed by atoms with Crippen LogP contribution in [0.25, 0.3) is 0 Å². The third kappa shape index (κ3) is 2.49. The fraction of sp³-hybridized carbons (Fsp3) is 0.867. The number of hydrogen-bond donors (Lipinski definition) is 2. The average molecular weight is 265 g/mol. The van der Waals surface area contributed by atoms with E-state index in [-0.39, 0.29) is 12.3 Å². The second-order valence-corrected chi connectivity index (χ2v) is 6.51. The van der Waals surface area contributed by atoms with Crippen molar-refractivity contribution in [2.75, 3.05) is 6.54 Å². The number of carboxylic acid groups (broad SMARTS) is 1. The van der Waals surface area contributed by atoms with Gasteiger partial charge in [0.15, 0.2) is 0 Å². The van der Waals surface area contributed by atoms with Crippen molar-refractivity contribution in [3.8, 4) is 0 Å². The molecular weight excluding hydrogens is 242 g/mol. The van der Waals surface area contributed by atoms with Gasteiger partial charge in [0.2, 0.25) is 5.91 Å². The van der Waals surface area contributed by atoms with Gasteiger partial charge in [0, 0.05) is 18.9 Å². The highest BCUT2D eigenvalue weighted by Gasteiger charge is 2.67. The highest BCUT2D eigenvalue weighted by atomic mass is 16.4. The third-order valence-corrected chi connectivity index (χ3v) is 5.40. The number of amides is 1. The minimum atomic E-state index is -0.731. The van der Waals surface area contributed by atoms with E-state index in [0.29, 0.717) is 30.7 Å². The second kappa shape index (κ2) is 5.14. The molecule has 0 spiro atoms. The van der Waals surface area contributed by atoms with Crippen molar-refractivity contribution in [2.24, 2.45) is 29.6 Å². The Hall–Kier alpha value is -1.06. The maximum atomic E-state index is 12.1. The van der Waals surface area contributed by atoms with Gasteiger partial charge in [-0.15, -0.1) is 0 Å². The standard InChI is InChI=1S/C15H23NO3/c17-11(18)4-2-1-3-7-16-15(19)14-12-9-5-6-10(8-9)13(12)14/h9-10,12-14H,1-8H2,(H,16,19)(H,17,18)/t9-,10-,12+,13+/m1/s1. The van der Waals surface area contributed by atoms with Gasteiger partial charge >= 0.3 is 5.97 Å². The molecule has 0 saturated heterocycles. The Kier molecular flexibility index (Phi) is 3.50. The molecule has 3 rings (SSSR count). The first kappa shape index (κ1) is 12.9. The van der Waals surface area contributed by atoms with E-state index < -0.39 is 5.97 Å². The molecule has 4 heteroatoms. The number of rotatable bonds is 7. The van der Waals surface area contributed by atoms with Gasteiger partial charge in [-0.25, -0.2) is 0 Å². The Bertz CT molecular complexity index is 366. The molecule has 19 heavy (non-hydrogen) atoms. The summed E-state index contributed by atoms with van der Waals surface area (Å²) in [5.41, 5.74) is 0. The monoisotopic (exact) mass is 265 g/mol. The van der Waals surface area contributed by atoms with E-state index in [0.717, 1.165) is 24.7 Å². The van der Waals surface area contributed by atoms with Crippen molar-refractivity contribution in [1.82, 2.24) is 5.32 Å². The summed E-state index contributed by atoms with van der Waals surface area (Å²) in [4.78, 5) is 22.4. The summed E-state index contributed by atoms with van der Waals surface area (Å²) >= 11 is 0. The molecule has 0 aromatic rings. The summed E-state index contributed by atoms with van der Waals surface area (Å²) in [6.07, 6.45) is 6.82. The Labute approximate surface area is 113 Å². The maximum absolute atomic E-state index is 12.1. The van der Waals surface area contributed by atoms with Crippen LogP contribution < -0.4 is 5.32 Å². The van der Waals surface area contributed by atoms with Gasteiger partial charge in [0.1, 0.15) is 0 Å². The number of aliphatic carboxylic acids is 1. The number of carbonyl (C=O) groups excluding carboxylic acids is 1. The molecule has 4 atom stereocenters. The van der Waals surface area contributed by atoms with Crippen molar-refractivity contribution in [2.45, 2.75) is 44.9 Å². The van der Waals surface area contributed by atoms with Crippen molar-refractivity contribution in [1.29, 1.82) is 0 Å². The molecule has 0 unspecified atom stereocenters. The number of unbranched alkanes of at least 4 members (excludes halogenated alkanes) is 2. The lowest BCUT2D eigenvalue weighted by Crippen LogP contribution is -2.28. The largest absolute Gasteiger partial charge is 0.481 e. The Morgan fingerprint density at radius 1 is 1.05 bits per heavy atom. The maximum Gasteiger partial charge on any atom is 0.303 e. The van der Waals surface area contributed by atoms with Gasteiger partial charge in [-0.2, -0.15) is 0 Å². The van der Waals surface area contributed by atoms with E-state index in [9.17, 15) is 9.59 Å². The first-order valence-electron chi connectivity index (χ1n) is 7.68. The Balaban J connectivity index is 1.30. The lowest BCUT2D eigenvalue weighted by atomic mass is 10.0. The molecule has 2 bridgehead atoms. The van der Waals surface area contributed by atoms with Crippen LogP contribution in [-0.2, 0) is 9.59 Å². The van der Waals surface area contributed by atoms with E-state index in [1.54, 1.807) is 0 Å². The van der Waals surface area contributed by atoms with Crippen LogP contribution >= 0.6 is 0 Å². The van der Waals surface area contributed by atoms with Crippen LogP contribution in [0.2, 0.25) is 0 Å². The van der Waals surface area contributed by atoms with Crippen molar-refractivity contribution in [3.05, 3.63) is 0 Å². The predicted molar refractivity (Wildman–Crippen MR) is 70.4 cm³/mol. The molecule has 3 aliphatic carbocycles. The summed E-state index contributed by atoms with van der Waals surface area (Å²) in [5, 5.41) is 11.6. The quantitative estimate of drug-likeness (QED) is 0.692. The zero-order chi connectivity index (χ0) is 13.4. The van der Waals surface area contributed by atoms with Gasteiger partial charge in [-0.3, -0.25) is 9.59 Å². The predicted octanol–water partition coefficient (Wildman–Crippen LogP) is 2.04. The Morgan fingerprint density at radius 3 is 2.37 bits per heavy atom. The smallest absolute Gasteiger partial charge is 0.303 e. The van der Waals surface area contributed by atoms with E-state index in [1.165, 1.54) is 19.3 Å². The molecule has 3 saturated carbocycles. The summed E-state index contributed by atoms with van der Waals surface area (Å²) in [7, 11) is 0. The zero-order valence-electron chi connectivity index (χ0n) is 11.3. The van der Waals surface area contributed by atoms with Crippen LogP contribution in [0.4, 0.5) is 0 Å². The van der Waals surface area contributed by atoms with Crippen LogP contribution in [0.3, 0.4) is 0 Å². The minimum Gasteiger partial charge on any atom is -0.481 e. The van der Waals surface area contributed by atoms with Gasteiger partial charge in [0.05, 0.1) is 0 Å². The summed E-state index contributed by atoms with van der Waals surface area (Å²) in [6.45, 7) is 0.712.